The average Bonchev–Trinajstić information content (AvgIpc) is 3.61. The lowest BCUT2D eigenvalue weighted by molar-refractivity contribution is -0.133. The Bertz CT molecular complexity index is 1160. The van der Waals surface area contributed by atoms with Crippen LogP contribution in [-0.2, 0) is 22.6 Å². The Hall–Kier alpha value is -2.95. The molecule has 3 amide bonds. The van der Waals surface area contributed by atoms with Crippen molar-refractivity contribution < 1.29 is 19.1 Å². The van der Waals surface area contributed by atoms with E-state index < -0.39 is 5.54 Å². The predicted molar refractivity (Wildman–Crippen MR) is 133 cm³/mol. The smallest absolute Gasteiger partial charge is 0.274 e. The Kier molecular flexibility index (Phi) is 7.00. The van der Waals surface area contributed by atoms with E-state index in [1.54, 1.807) is 22.5 Å². The number of rotatable bonds is 8. The van der Waals surface area contributed by atoms with Crippen LogP contribution >= 0.6 is 11.6 Å². The first-order chi connectivity index (χ1) is 17.4. The van der Waals surface area contributed by atoms with Gasteiger partial charge in [-0.3, -0.25) is 19.3 Å². The van der Waals surface area contributed by atoms with Crippen LogP contribution in [0.25, 0.3) is 0 Å². The highest BCUT2D eigenvalue weighted by molar-refractivity contribution is 6.31. The second-order valence-corrected chi connectivity index (χ2v) is 10.1. The van der Waals surface area contributed by atoms with Crippen molar-refractivity contribution in [2.75, 3.05) is 39.4 Å². The van der Waals surface area contributed by atoms with E-state index in [4.69, 9.17) is 16.3 Å². The molecule has 5 rings (SSSR count). The summed E-state index contributed by atoms with van der Waals surface area (Å²) in [5.41, 5.74) is 0.0287. The number of hydrogen-bond acceptors (Lipinski definition) is 6. The molecule has 0 spiro atoms. The summed E-state index contributed by atoms with van der Waals surface area (Å²) in [5, 5.41) is 6.42. The Morgan fingerprint density at radius 3 is 2.67 bits per heavy atom. The first-order valence-electron chi connectivity index (χ1n) is 12.4. The topological polar surface area (TPSA) is 109 Å². The third-order valence-electron chi connectivity index (χ3n) is 7.10. The second-order valence-electron chi connectivity index (χ2n) is 9.73. The van der Waals surface area contributed by atoms with Crippen molar-refractivity contribution in [2.24, 2.45) is 0 Å². The van der Waals surface area contributed by atoms with E-state index >= 15 is 0 Å². The van der Waals surface area contributed by atoms with Crippen LogP contribution in [0.3, 0.4) is 0 Å². The maximum absolute atomic E-state index is 13.7. The van der Waals surface area contributed by atoms with Crippen molar-refractivity contribution in [3.8, 4) is 0 Å². The van der Waals surface area contributed by atoms with Crippen molar-refractivity contribution in [3.05, 3.63) is 52.6 Å². The molecule has 36 heavy (non-hydrogen) atoms. The first-order valence-corrected chi connectivity index (χ1v) is 12.7. The van der Waals surface area contributed by atoms with Gasteiger partial charge in [-0.2, -0.15) is 0 Å². The fourth-order valence-corrected chi connectivity index (χ4v) is 5.17. The maximum atomic E-state index is 13.7. The first kappa shape index (κ1) is 24.7. The van der Waals surface area contributed by atoms with Gasteiger partial charge >= 0.3 is 0 Å². The molecule has 2 fully saturated rings. The van der Waals surface area contributed by atoms with Crippen LogP contribution in [0.1, 0.15) is 46.3 Å². The highest BCUT2D eigenvalue weighted by Crippen LogP contribution is 2.38. The van der Waals surface area contributed by atoms with Gasteiger partial charge in [-0.05, 0) is 31.4 Å². The molecule has 1 aromatic carbocycles. The van der Waals surface area contributed by atoms with Crippen LogP contribution in [0.15, 0.2) is 30.6 Å². The third kappa shape index (κ3) is 4.85. The zero-order chi connectivity index (χ0) is 25.3. The maximum Gasteiger partial charge on any atom is 0.274 e. The number of amides is 3. The normalized spacial score (nSPS) is 22.3. The zero-order valence-electron chi connectivity index (χ0n) is 20.3. The Morgan fingerprint density at radius 1 is 1.19 bits per heavy atom. The molecule has 2 N–H and O–H groups in total. The molecule has 1 saturated heterocycles. The van der Waals surface area contributed by atoms with Crippen molar-refractivity contribution in [2.45, 2.75) is 44.4 Å². The van der Waals surface area contributed by atoms with E-state index in [2.05, 4.69) is 20.5 Å². The number of morpholine rings is 1. The largest absolute Gasteiger partial charge is 0.379 e. The van der Waals surface area contributed by atoms with Crippen molar-refractivity contribution in [3.63, 3.8) is 0 Å². The molecule has 1 unspecified atom stereocenters. The lowest BCUT2D eigenvalue weighted by Gasteiger charge is -2.44. The zero-order valence-corrected chi connectivity index (χ0v) is 21.1. The SMILES string of the molecule is CC1(C(=O)NCc2ccccc2Cl)Cn2cnc(C(=O)NCCN3CCOCC3)c2C(=O)N1C1CC1. The lowest BCUT2D eigenvalue weighted by atomic mass is 9.93. The number of carbonyl (C=O) groups excluding carboxylic acids is 3. The molecule has 2 aliphatic heterocycles. The summed E-state index contributed by atoms with van der Waals surface area (Å²) >= 11 is 6.25. The molecule has 0 bridgehead atoms. The number of halogens is 1. The summed E-state index contributed by atoms with van der Waals surface area (Å²) in [5.74, 6) is -0.985. The lowest BCUT2D eigenvalue weighted by Crippen LogP contribution is -2.64. The van der Waals surface area contributed by atoms with E-state index in [0.717, 1.165) is 31.5 Å². The number of benzene rings is 1. The predicted octanol–water partition coefficient (Wildman–Crippen LogP) is 1.29. The number of carbonyl (C=O) groups is 3. The van der Waals surface area contributed by atoms with Crippen molar-refractivity contribution >= 4 is 29.3 Å². The van der Waals surface area contributed by atoms with Gasteiger partial charge in [-0.15, -0.1) is 0 Å². The Balaban J connectivity index is 1.30. The molecule has 3 heterocycles. The molecular formula is C25H31ClN6O4. The molecule has 1 saturated carbocycles. The molecule has 0 radical (unpaired) electrons. The van der Waals surface area contributed by atoms with Crippen LogP contribution in [-0.4, -0.2) is 88.0 Å². The molecular weight excluding hydrogens is 484 g/mol. The number of hydrogen-bond donors (Lipinski definition) is 2. The quantitative estimate of drug-likeness (QED) is 0.549. The number of aromatic nitrogens is 2. The molecule has 1 aliphatic carbocycles. The molecule has 192 valence electrons. The molecule has 11 heteroatoms. The molecule has 3 aliphatic rings. The number of ether oxygens (including phenoxy) is 1. The molecule has 10 nitrogen and oxygen atoms in total. The molecule has 1 atom stereocenters. The summed E-state index contributed by atoms with van der Waals surface area (Å²) in [4.78, 5) is 48.3. The number of nitrogens with one attached hydrogen (secondary N) is 2. The van der Waals surface area contributed by atoms with E-state index in [0.29, 0.717) is 31.3 Å². The summed E-state index contributed by atoms with van der Waals surface area (Å²) in [6, 6.07) is 7.29. The summed E-state index contributed by atoms with van der Waals surface area (Å²) in [7, 11) is 0. The third-order valence-corrected chi connectivity index (χ3v) is 7.47. The summed E-state index contributed by atoms with van der Waals surface area (Å²) < 4.78 is 6.98. The summed E-state index contributed by atoms with van der Waals surface area (Å²) in [6.45, 7) is 6.46. The Morgan fingerprint density at radius 2 is 1.94 bits per heavy atom. The fraction of sp³-hybridized carbons (Fsp3) is 0.520. The minimum absolute atomic E-state index is 0.0329. The highest BCUT2D eigenvalue weighted by Gasteiger charge is 2.53. The van der Waals surface area contributed by atoms with Crippen LogP contribution < -0.4 is 10.6 Å². The van der Waals surface area contributed by atoms with Gasteiger partial charge in [0.05, 0.1) is 26.1 Å². The second kappa shape index (κ2) is 10.2. The van der Waals surface area contributed by atoms with Gasteiger partial charge in [-0.25, -0.2) is 4.98 Å². The molecule has 2 aromatic rings. The van der Waals surface area contributed by atoms with E-state index in [1.807, 2.05) is 18.2 Å². The van der Waals surface area contributed by atoms with Crippen LogP contribution in [0.2, 0.25) is 5.02 Å². The summed E-state index contributed by atoms with van der Waals surface area (Å²) in [6.07, 6.45) is 3.14. The Labute approximate surface area is 214 Å². The number of nitrogens with zero attached hydrogens (tertiary/aromatic N) is 4. The number of imidazole rings is 1. The fourth-order valence-electron chi connectivity index (χ4n) is 4.97. The number of fused-ring (bicyclic) bond motifs is 1. The van der Waals surface area contributed by atoms with Gasteiger partial charge in [0.1, 0.15) is 11.2 Å². The van der Waals surface area contributed by atoms with E-state index in [1.165, 1.54) is 6.33 Å². The van der Waals surface area contributed by atoms with Crippen LogP contribution in [0, 0.1) is 0 Å². The minimum Gasteiger partial charge on any atom is -0.379 e. The minimum atomic E-state index is -1.11. The van der Waals surface area contributed by atoms with Crippen LogP contribution in [0.5, 0.6) is 0 Å². The van der Waals surface area contributed by atoms with Gasteiger partial charge in [0.25, 0.3) is 11.8 Å². The van der Waals surface area contributed by atoms with Crippen molar-refractivity contribution in [1.82, 2.24) is 30.0 Å². The average molecular weight is 515 g/mol. The van der Waals surface area contributed by atoms with E-state index in [-0.39, 0.29) is 48.2 Å². The van der Waals surface area contributed by atoms with Gasteiger partial charge in [0.15, 0.2) is 5.69 Å². The van der Waals surface area contributed by atoms with Gasteiger partial charge in [-0.1, -0.05) is 29.8 Å². The van der Waals surface area contributed by atoms with Gasteiger partial charge in [0, 0.05) is 43.8 Å². The highest BCUT2D eigenvalue weighted by atomic mass is 35.5. The van der Waals surface area contributed by atoms with Gasteiger partial charge < -0.3 is 24.8 Å². The molecule has 1 aromatic heterocycles. The van der Waals surface area contributed by atoms with E-state index in [9.17, 15) is 14.4 Å². The van der Waals surface area contributed by atoms with Crippen LogP contribution in [0.4, 0.5) is 0 Å². The standard InChI is InChI=1S/C25H31ClN6O4/c1-25(24(35)28-14-17-4-2-3-5-19(17)26)15-31-16-29-20(21(31)23(34)32(25)18-6-7-18)22(33)27-8-9-30-10-12-36-13-11-30/h2-5,16,18H,6-15H2,1H3,(H,27,33)(H,28,35). The van der Waals surface area contributed by atoms with Crippen molar-refractivity contribution in [1.29, 1.82) is 0 Å². The monoisotopic (exact) mass is 514 g/mol. The van der Waals surface area contributed by atoms with Gasteiger partial charge in [0.2, 0.25) is 5.91 Å².